The topological polar surface area (TPSA) is 63.2 Å². The van der Waals surface area contributed by atoms with Crippen molar-refractivity contribution in [2.24, 2.45) is 0 Å². The standard InChI is InChI=1S/C12H19NO3S2/c1-3-18(15,16)12-8-5-4-7-11(12)13-9-6-10-17(2)14/h4-5,7-8,13H,3,6,9-10H2,1-2H3. The Morgan fingerprint density at radius 1 is 1.28 bits per heavy atom. The van der Waals surface area contributed by atoms with Crippen molar-refractivity contribution in [1.29, 1.82) is 0 Å². The van der Waals surface area contributed by atoms with Crippen LogP contribution in [-0.4, -0.2) is 36.9 Å². The number of benzene rings is 1. The fraction of sp³-hybridized carbons (Fsp3) is 0.500. The highest BCUT2D eigenvalue weighted by molar-refractivity contribution is 7.91. The summed E-state index contributed by atoms with van der Waals surface area (Å²) in [7, 11) is -4.01. The van der Waals surface area contributed by atoms with Gasteiger partial charge in [-0.25, -0.2) is 8.42 Å². The van der Waals surface area contributed by atoms with Crippen LogP contribution < -0.4 is 5.32 Å². The molecule has 1 aromatic rings. The Bertz CT molecular complexity index is 512. The van der Waals surface area contributed by atoms with Gasteiger partial charge < -0.3 is 5.32 Å². The van der Waals surface area contributed by atoms with E-state index in [1.165, 1.54) is 0 Å². The van der Waals surface area contributed by atoms with Gasteiger partial charge >= 0.3 is 0 Å². The fourth-order valence-electron chi connectivity index (χ4n) is 1.54. The van der Waals surface area contributed by atoms with Crippen molar-refractivity contribution in [2.45, 2.75) is 18.2 Å². The number of rotatable bonds is 7. The lowest BCUT2D eigenvalue weighted by molar-refractivity contribution is 0.597. The van der Waals surface area contributed by atoms with Crippen LogP contribution in [0.5, 0.6) is 0 Å². The van der Waals surface area contributed by atoms with E-state index in [0.717, 1.165) is 6.42 Å². The highest BCUT2D eigenvalue weighted by Crippen LogP contribution is 2.21. The summed E-state index contributed by atoms with van der Waals surface area (Å²) in [6.45, 7) is 2.25. The van der Waals surface area contributed by atoms with E-state index in [-0.39, 0.29) is 5.75 Å². The molecular weight excluding hydrogens is 270 g/mol. The number of sulfone groups is 1. The number of hydrogen-bond donors (Lipinski definition) is 1. The van der Waals surface area contributed by atoms with Gasteiger partial charge in [0.05, 0.1) is 16.3 Å². The summed E-state index contributed by atoms with van der Waals surface area (Å²) >= 11 is 0. The summed E-state index contributed by atoms with van der Waals surface area (Å²) in [5.74, 6) is 0.709. The Kier molecular flexibility index (Phi) is 5.81. The average molecular weight is 289 g/mol. The molecule has 0 spiro atoms. The predicted octanol–water partition coefficient (Wildman–Crippen LogP) is 1.66. The van der Waals surface area contributed by atoms with Crippen molar-refractivity contribution in [3.05, 3.63) is 24.3 Å². The Morgan fingerprint density at radius 2 is 1.94 bits per heavy atom. The van der Waals surface area contributed by atoms with E-state index in [0.29, 0.717) is 22.9 Å². The van der Waals surface area contributed by atoms with Crippen LogP contribution in [0.2, 0.25) is 0 Å². The minimum absolute atomic E-state index is 0.0880. The second-order valence-electron chi connectivity index (χ2n) is 3.96. The molecule has 0 aliphatic carbocycles. The van der Waals surface area contributed by atoms with E-state index < -0.39 is 20.6 Å². The first-order valence-corrected chi connectivity index (χ1v) is 9.21. The molecule has 1 N–H and O–H groups in total. The molecule has 4 nitrogen and oxygen atoms in total. The molecular formula is C12H19NO3S2. The molecule has 0 saturated heterocycles. The van der Waals surface area contributed by atoms with Gasteiger partial charge in [-0.05, 0) is 18.6 Å². The van der Waals surface area contributed by atoms with E-state index >= 15 is 0 Å². The van der Waals surface area contributed by atoms with Crippen LogP contribution in [0, 0.1) is 0 Å². The molecule has 0 saturated carbocycles. The first-order chi connectivity index (χ1) is 8.47. The van der Waals surface area contributed by atoms with Crippen molar-refractivity contribution >= 4 is 26.3 Å². The molecule has 1 atom stereocenters. The Hall–Kier alpha value is -0.880. The van der Waals surface area contributed by atoms with E-state index in [1.807, 2.05) is 0 Å². The molecule has 6 heteroatoms. The molecule has 0 amide bonds. The zero-order valence-corrected chi connectivity index (χ0v) is 12.3. The largest absolute Gasteiger partial charge is 0.384 e. The molecule has 0 fully saturated rings. The van der Waals surface area contributed by atoms with Gasteiger partial charge in [-0.15, -0.1) is 0 Å². The number of hydrogen-bond acceptors (Lipinski definition) is 4. The van der Waals surface area contributed by atoms with E-state index in [1.54, 1.807) is 37.4 Å². The van der Waals surface area contributed by atoms with Gasteiger partial charge in [0, 0.05) is 29.4 Å². The molecule has 0 aliphatic rings. The third-order valence-electron chi connectivity index (χ3n) is 2.53. The third kappa shape index (κ3) is 4.42. The molecule has 1 unspecified atom stereocenters. The maximum absolute atomic E-state index is 11.9. The smallest absolute Gasteiger partial charge is 0.180 e. The highest BCUT2D eigenvalue weighted by Gasteiger charge is 2.15. The molecule has 1 rings (SSSR count). The molecule has 0 aromatic heterocycles. The Balaban J connectivity index is 2.75. The summed E-state index contributed by atoms with van der Waals surface area (Å²) in [6, 6.07) is 6.88. The maximum atomic E-state index is 11.9. The molecule has 1 aromatic carbocycles. The van der Waals surface area contributed by atoms with Crippen LogP contribution in [0.25, 0.3) is 0 Å². The fourth-order valence-corrected chi connectivity index (χ4v) is 3.16. The lowest BCUT2D eigenvalue weighted by atomic mass is 10.3. The quantitative estimate of drug-likeness (QED) is 0.775. The molecule has 0 aliphatic heterocycles. The summed E-state index contributed by atoms with van der Waals surface area (Å²) in [4.78, 5) is 0.338. The second-order valence-corrected chi connectivity index (χ2v) is 7.76. The van der Waals surface area contributed by atoms with Crippen LogP contribution >= 0.6 is 0 Å². The Labute approximate surface area is 111 Å². The molecule has 102 valence electrons. The monoisotopic (exact) mass is 289 g/mol. The second kappa shape index (κ2) is 6.89. The summed E-state index contributed by atoms with van der Waals surface area (Å²) in [5, 5.41) is 3.10. The van der Waals surface area contributed by atoms with E-state index in [9.17, 15) is 12.6 Å². The normalized spacial score (nSPS) is 13.2. The van der Waals surface area contributed by atoms with Crippen molar-refractivity contribution in [2.75, 3.05) is 29.6 Å². The minimum atomic E-state index is -3.20. The number of para-hydroxylation sites is 1. The molecule has 18 heavy (non-hydrogen) atoms. The van der Waals surface area contributed by atoms with Crippen LogP contribution in [0.3, 0.4) is 0 Å². The lowest BCUT2D eigenvalue weighted by Crippen LogP contribution is -2.11. The zero-order chi connectivity index (χ0) is 13.6. The van der Waals surface area contributed by atoms with Crippen LogP contribution in [0.4, 0.5) is 5.69 Å². The van der Waals surface area contributed by atoms with Crippen LogP contribution in [-0.2, 0) is 20.6 Å². The van der Waals surface area contributed by atoms with Crippen LogP contribution in [0.15, 0.2) is 29.2 Å². The summed E-state index contributed by atoms with van der Waals surface area (Å²) < 4.78 is 34.7. The third-order valence-corrected chi connectivity index (χ3v) is 5.18. The predicted molar refractivity (Wildman–Crippen MR) is 76.2 cm³/mol. The van der Waals surface area contributed by atoms with Gasteiger partial charge in [0.1, 0.15) is 0 Å². The van der Waals surface area contributed by atoms with Crippen molar-refractivity contribution in [1.82, 2.24) is 0 Å². The van der Waals surface area contributed by atoms with E-state index in [2.05, 4.69) is 5.32 Å². The van der Waals surface area contributed by atoms with Crippen LogP contribution in [0.1, 0.15) is 13.3 Å². The molecule has 0 bridgehead atoms. The van der Waals surface area contributed by atoms with Gasteiger partial charge in [-0.2, -0.15) is 0 Å². The van der Waals surface area contributed by atoms with Gasteiger partial charge in [-0.3, -0.25) is 4.21 Å². The Morgan fingerprint density at radius 3 is 2.56 bits per heavy atom. The first-order valence-electron chi connectivity index (χ1n) is 5.83. The first kappa shape index (κ1) is 15.2. The van der Waals surface area contributed by atoms with Crippen molar-refractivity contribution < 1.29 is 12.6 Å². The van der Waals surface area contributed by atoms with Crippen molar-refractivity contribution in [3.8, 4) is 0 Å². The average Bonchev–Trinajstić information content (AvgIpc) is 2.35. The summed E-state index contributed by atoms with van der Waals surface area (Å²) in [5.41, 5.74) is 0.626. The number of anilines is 1. The van der Waals surface area contributed by atoms with Crippen molar-refractivity contribution in [3.63, 3.8) is 0 Å². The van der Waals surface area contributed by atoms with E-state index in [4.69, 9.17) is 0 Å². The maximum Gasteiger partial charge on any atom is 0.180 e. The zero-order valence-electron chi connectivity index (χ0n) is 10.7. The molecule has 0 radical (unpaired) electrons. The summed E-state index contributed by atoms with van der Waals surface area (Å²) in [6.07, 6.45) is 2.42. The lowest BCUT2D eigenvalue weighted by Gasteiger charge is -2.11. The van der Waals surface area contributed by atoms with Gasteiger partial charge in [-0.1, -0.05) is 19.1 Å². The molecule has 0 heterocycles. The number of nitrogens with one attached hydrogen (secondary N) is 1. The van der Waals surface area contributed by atoms with Gasteiger partial charge in [0.2, 0.25) is 0 Å². The van der Waals surface area contributed by atoms with Gasteiger partial charge in [0.15, 0.2) is 9.84 Å². The minimum Gasteiger partial charge on any atom is -0.384 e. The highest BCUT2D eigenvalue weighted by atomic mass is 32.2. The van der Waals surface area contributed by atoms with Gasteiger partial charge in [0.25, 0.3) is 0 Å². The SMILES string of the molecule is CCS(=O)(=O)c1ccccc1NCCCS(C)=O.